The number of non-ortho nitro benzene ring substituents is 1. The third-order valence-corrected chi connectivity index (χ3v) is 4.21. The highest BCUT2D eigenvalue weighted by Gasteiger charge is 2.32. The van der Waals surface area contributed by atoms with E-state index < -0.39 is 4.92 Å². The Kier molecular flexibility index (Phi) is 4.57. The van der Waals surface area contributed by atoms with Gasteiger partial charge in [0.25, 0.3) is 11.6 Å². The summed E-state index contributed by atoms with van der Waals surface area (Å²) in [7, 11) is 0. The molecule has 1 aliphatic rings. The fourth-order valence-corrected chi connectivity index (χ4v) is 2.94. The van der Waals surface area contributed by atoms with Gasteiger partial charge in [0.05, 0.1) is 17.6 Å². The molecule has 1 aliphatic heterocycles. The molecule has 21 heavy (non-hydrogen) atoms. The summed E-state index contributed by atoms with van der Waals surface area (Å²) in [5.41, 5.74) is 1.03. The number of benzene rings is 1. The molecule has 6 nitrogen and oxygen atoms in total. The molecule has 0 saturated carbocycles. The molecule has 0 aromatic heterocycles. The van der Waals surface area contributed by atoms with Gasteiger partial charge in [0.15, 0.2) is 0 Å². The van der Waals surface area contributed by atoms with E-state index in [2.05, 4.69) is 0 Å². The maximum absolute atomic E-state index is 12.7. The van der Waals surface area contributed by atoms with Crippen LogP contribution in [0.1, 0.15) is 35.7 Å². The van der Waals surface area contributed by atoms with E-state index in [0.29, 0.717) is 17.7 Å². The first-order valence-corrected chi connectivity index (χ1v) is 7.12. The molecule has 0 radical (unpaired) electrons. The first kappa shape index (κ1) is 15.4. The van der Waals surface area contributed by atoms with Crippen LogP contribution in [-0.4, -0.2) is 40.0 Å². The summed E-state index contributed by atoms with van der Waals surface area (Å²) in [6, 6.07) is 4.08. The first-order chi connectivity index (χ1) is 9.95. The number of amides is 1. The highest BCUT2D eigenvalue weighted by atomic mass is 16.6. The molecule has 1 fully saturated rings. The smallest absolute Gasteiger partial charge is 0.269 e. The van der Waals surface area contributed by atoms with Crippen LogP contribution in [0.3, 0.4) is 0 Å². The van der Waals surface area contributed by atoms with Gasteiger partial charge < -0.3 is 10.0 Å². The zero-order valence-corrected chi connectivity index (χ0v) is 12.3. The van der Waals surface area contributed by atoms with Gasteiger partial charge in [-0.15, -0.1) is 0 Å². The monoisotopic (exact) mass is 292 g/mol. The SMILES string of the molecule is Cc1cc([N+](=O)[O-])ccc1C(=O)N1CCCC(C)C1CO. The van der Waals surface area contributed by atoms with Gasteiger partial charge in [-0.25, -0.2) is 0 Å². The number of aliphatic hydroxyl groups is 1. The van der Waals surface area contributed by atoms with Crippen molar-refractivity contribution in [2.75, 3.05) is 13.2 Å². The number of nitrogens with zero attached hydrogens (tertiary/aromatic N) is 2. The number of likely N-dealkylation sites (tertiary alicyclic amines) is 1. The average molecular weight is 292 g/mol. The molecule has 2 rings (SSSR count). The molecule has 2 atom stereocenters. The molecule has 0 aliphatic carbocycles. The Hall–Kier alpha value is -1.95. The molecule has 1 N–H and O–H groups in total. The minimum absolute atomic E-state index is 0.0187. The van der Waals surface area contributed by atoms with Crippen LogP contribution in [0.15, 0.2) is 18.2 Å². The number of carbonyl (C=O) groups is 1. The zero-order chi connectivity index (χ0) is 15.6. The first-order valence-electron chi connectivity index (χ1n) is 7.12. The van der Waals surface area contributed by atoms with Crippen LogP contribution in [-0.2, 0) is 0 Å². The predicted molar refractivity (Wildman–Crippen MR) is 78.1 cm³/mol. The van der Waals surface area contributed by atoms with Crippen LogP contribution in [0.5, 0.6) is 0 Å². The van der Waals surface area contributed by atoms with E-state index in [9.17, 15) is 20.0 Å². The molecule has 0 spiro atoms. The normalized spacial score (nSPS) is 22.1. The number of piperidine rings is 1. The van der Waals surface area contributed by atoms with E-state index in [1.54, 1.807) is 11.8 Å². The van der Waals surface area contributed by atoms with Crippen LogP contribution in [0.2, 0.25) is 0 Å². The van der Waals surface area contributed by atoms with Crippen molar-refractivity contribution in [3.05, 3.63) is 39.4 Å². The van der Waals surface area contributed by atoms with Gasteiger partial charge >= 0.3 is 0 Å². The van der Waals surface area contributed by atoms with Crippen molar-refractivity contribution in [1.82, 2.24) is 4.90 Å². The lowest BCUT2D eigenvalue weighted by Crippen LogP contribution is -2.49. The van der Waals surface area contributed by atoms with Crippen molar-refractivity contribution >= 4 is 11.6 Å². The number of aliphatic hydroxyl groups excluding tert-OH is 1. The van der Waals surface area contributed by atoms with Crippen molar-refractivity contribution in [2.24, 2.45) is 5.92 Å². The summed E-state index contributed by atoms with van der Waals surface area (Å²) >= 11 is 0. The third kappa shape index (κ3) is 3.05. The number of hydrogen-bond donors (Lipinski definition) is 1. The lowest BCUT2D eigenvalue weighted by atomic mass is 9.90. The Morgan fingerprint density at radius 2 is 2.24 bits per heavy atom. The molecule has 1 amide bonds. The fourth-order valence-electron chi connectivity index (χ4n) is 2.94. The molecule has 0 bridgehead atoms. The van der Waals surface area contributed by atoms with Crippen LogP contribution >= 0.6 is 0 Å². The van der Waals surface area contributed by atoms with Gasteiger partial charge in [-0.3, -0.25) is 14.9 Å². The van der Waals surface area contributed by atoms with Crippen LogP contribution in [0.25, 0.3) is 0 Å². The molecule has 1 heterocycles. The van der Waals surface area contributed by atoms with Crippen molar-refractivity contribution in [1.29, 1.82) is 0 Å². The minimum Gasteiger partial charge on any atom is -0.394 e. The lowest BCUT2D eigenvalue weighted by Gasteiger charge is -2.39. The van der Waals surface area contributed by atoms with E-state index in [-0.39, 0.29) is 30.2 Å². The molecule has 1 aromatic rings. The van der Waals surface area contributed by atoms with Gasteiger partial charge in [0.2, 0.25) is 0 Å². The molecule has 1 aromatic carbocycles. The van der Waals surface area contributed by atoms with Crippen LogP contribution < -0.4 is 0 Å². The number of hydrogen-bond acceptors (Lipinski definition) is 4. The quantitative estimate of drug-likeness (QED) is 0.683. The maximum Gasteiger partial charge on any atom is 0.269 e. The minimum atomic E-state index is -0.471. The summed E-state index contributed by atoms with van der Waals surface area (Å²) in [5, 5.41) is 20.3. The summed E-state index contributed by atoms with van der Waals surface area (Å²) in [6.07, 6.45) is 1.91. The molecular formula is C15H20N2O4. The predicted octanol–water partition coefficient (Wildman–Crippen LogP) is 2.14. The second-order valence-electron chi connectivity index (χ2n) is 5.62. The second-order valence-corrected chi connectivity index (χ2v) is 5.62. The Balaban J connectivity index is 2.28. The molecule has 6 heteroatoms. The Morgan fingerprint density at radius 1 is 1.52 bits per heavy atom. The van der Waals surface area contributed by atoms with Crippen LogP contribution in [0.4, 0.5) is 5.69 Å². The van der Waals surface area contributed by atoms with Gasteiger partial charge in [0, 0.05) is 24.2 Å². The number of aryl methyl sites for hydroxylation is 1. The number of nitro groups is 1. The van der Waals surface area contributed by atoms with E-state index in [4.69, 9.17) is 0 Å². The van der Waals surface area contributed by atoms with Gasteiger partial charge in [0.1, 0.15) is 0 Å². The number of rotatable bonds is 3. The van der Waals surface area contributed by atoms with Crippen LogP contribution in [0, 0.1) is 23.0 Å². The number of carbonyl (C=O) groups excluding carboxylic acids is 1. The van der Waals surface area contributed by atoms with Crippen molar-refractivity contribution in [2.45, 2.75) is 32.7 Å². The van der Waals surface area contributed by atoms with Gasteiger partial charge in [-0.1, -0.05) is 6.92 Å². The Morgan fingerprint density at radius 3 is 2.81 bits per heavy atom. The van der Waals surface area contributed by atoms with E-state index in [1.165, 1.54) is 18.2 Å². The van der Waals surface area contributed by atoms with E-state index in [0.717, 1.165) is 12.8 Å². The third-order valence-electron chi connectivity index (χ3n) is 4.21. The van der Waals surface area contributed by atoms with Gasteiger partial charge in [-0.2, -0.15) is 0 Å². The molecule has 1 saturated heterocycles. The average Bonchev–Trinajstić information content (AvgIpc) is 2.46. The highest BCUT2D eigenvalue weighted by molar-refractivity contribution is 5.96. The zero-order valence-electron chi connectivity index (χ0n) is 12.3. The van der Waals surface area contributed by atoms with E-state index in [1.807, 2.05) is 6.92 Å². The van der Waals surface area contributed by atoms with Gasteiger partial charge in [-0.05, 0) is 37.3 Å². The Bertz CT molecular complexity index is 559. The molecule has 2 unspecified atom stereocenters. The largest absolute Gasteiger partial charge is 0.394 e. The summed E-state index contributed by atoms with van der Waals surface area (Å²) in [6.45, 7) is 4.29. The van der Waals surface area contributed by atoms with Crippen molar-refractivity contribution < 1.29 is 14.8 Å². The number of nitro benzene ring substituents is 1. The summed E-state index contributed by atoms with van der Waals surface area (Å²) in [4.78, 5) is 24.6. The summed E-state index contributed by atoms with van der Waals surface area (Å²) in [5.74, 6) is 0.0963. The summed E-state index contributed by atoms with van der Waals surface area (Å²) < 4.78 is 0. The lowest BCUT2D eigenvalue weighted by molar-refractivity contribution is -0.384. The molecular weight excluding hydrogens is 272 g/mol. The fraction of sp³-hybridized carbons (Fsp3) is 0.533. The standard InChI is InChI=1S/C15H20N2O4/c1-10-4-3-7-16(14(10)9-18)15(19)13-6-5-12(17(20)21)8-11(13)2/h5-6,8,10,14,18H,3-4,7,9H2,1-2H3. The van der Waals surface area contributed by atoms with Crippen molar-refractivity contribution in [3.63, 3.8) is 0 Å². The second kappa shape index (κ2) is 6.22. The maximum atomic E-state index is 12.7. The topological polar surface area (TPSA) is 83.7 Å². The highest BCUT2D eigenvalue weighted by Crippen LogP contribution is 2.26. The molecule has 114 valence electrons. The van der Waals surface area contributed by atoms with Crippen molar-refractivity contribution in [3.8, 4) is 0 Å². The van der Waals surface area contributed by atoms with E-state index >= 15 is 0 Å². The Labute approximate surface area is 123 Å².